The highest BCUT2D eigenvalue weighted by Gasteiger charge is 2.27. The summed E-state index contributed by atoms with van der Waals surface area (Å²) >= 11 is 0. The van der Waals surface area contributed by atoms with Crippen LogP contribution in [0.2, 0.25) is 0 Å². The number of phenolic OH excluding ortho intramolecular Hbond substituents is 1. The molecule has 2 unspecified atom stereocenters. The van der Waals surface area contributed by atoms with Gasteiger partial charge in [-0.2, -0.15) is 0 Å². The maximum absolute atomic E-state index is 12.4. The molecule has 4 nitrogen and oxygen atoms in total. The fourth-order valence-corrected chi connectivity index (χ4v) is 2.86. The SMILES string of the molecule is Cc1ccc(NC(=O)C2CCCCCC2N)c(C)c1O. The number of rotatable bonds is 2. The molecule has 0 radical (unpaired) electrons. The summed E-state index contributed by atoms with van der Waals surface area (Å²) < 4.78 is 0. The highest BCUT2D eigenvalue weighted by Crippen LogP contribution is 2.29. The molecule has 4 heteroatoms. The average Bonchev–Trinajstić information content (AvgIpc) is 2.64. The number of anilines is 1. The average molecular weight is 276 g/mol. The van der Waals surface area contributed by atoms with Crippen LogP contribution < -0.4 is 11.1 Å². The largest absolute Gasteiger partial charge is 0.507 e. The molecule has 20 heavy (non-hydrogen) atoms. The van der Waals surface area contributed by atoms with E-state index < -0.39 is 0 Å². The van der Waals surface area contributed by atoms with Gasteiger partial charge in [0.2, 0.25) is 5.91 Å². The van der Waals surface area contributed by atoms with Gasteiger partial charge in [0.25, 0.3) is 0 Å². The van der Waals surface area contributed by atoms with Crippen LogP contribution in [-0.4, -0.2) is 17.1 Å². The van der Waals surface area contributed by atoms with Crippen LogP contribution in [0.15, 0.2) is 12.1 Å². The Kier molecular flexibility index (Phi) is 4.65. The number of aryl methyl sites for hydroxylation is 1. The van der Waals surface area contributed by atoms with Crippen molar-refractivity contribution in [2.45, 2.75) is 52.0 Å². The maximum atomic E-state index is 12.4. The van der Waals surface area contributed by atoms with Gasteiger partial charge in [-0.3, -0.25) is 4.79 Å². The summed E-state index contributed by atoms with van der Waals surface area (Å²) in [5.74, 6) is 0.0964. The number of nitrogens with one attached hydrogen (secondary N) is 1. The molecule has 0 bridgehead atoms. The van der Waals surface area contributed by atoms with Crippen LogP contribution >= 0.6 is 0 Å². The minimum absolute atomic E-state index is 0.0225. The van der Waals surface area contributed by atoms with Crippen LogP contribution in [0.4, 0.5) is 5.69 Å². The highest BCUT2D eigenvalue weighted by atomic mass is 16.3. The second-order valence-corrected chi connectivity index (χ2v) is 5.80. The minimum Gasteiger partial charge on any atom is -0.507 e. The summed E-state index contributed by atoms with van der Waals surface area (Å²) in [7, 11) is 0. The minimum atomic E-state index is -0.125. The van der Waals surface area contributed by atoms with Crippen LogP contribution in [0.3, 0.4) is 0 Å². The fraction of sp³-hybridized carbons (Fsp3) is 0.562. The predicted molar refractivity (Wildman–Crippen MR) is 80.8 cm³/mol. The van der Waals surface area contributed by atoms with Gasteiger partial charge in [0, 0.05) is 17.3 Å². The number of phenols is 1. The Labute approximate surface area is 120 Å². The Hall–Kier alpha value is -1.55. The third-order valence-electron chi connectivity index (χ3n) is 4.30. The van der Waals surface area contributed by atoms with Gasteiger partial charge in [-0.15, -0.1) is 0 Å². The molecule has 1 saturated carbocycles. The summed E-state index contributed by atoms with van der Waals surface area (Å²) in [4.78, 5) is 12.4. The quantitative estimate of drug-likeness (QED) is 0.727. The van der Waals surface area contributed by atoms with E-state index in [1.165, 1.54) is 0 Å². The number of hydrogen-bond acceptors (Lipinski definition) is 3. The summed E-state index contributed by atoms with van der Waals surface area (Å²) in [6.45, 7) is 3.65. The molecule has 1 aromatic rings. The molecular formula is C16H24N2O2. The molecule has 2 rings (SSSR count). The first-order chi connectivity index (χ1) is 9.50. The van der Waals surface area contributed by atoms with Crippen molar-refractivity contribution in [3.8, 4) is 5.75 Å². The number of benzene rings is 1. The molecule has 0 aliphatic heterocycles. The lowest BCUT2D eigenvalue weighted by atomic mass is 9.94. The number of amides is 1. The first kappa shape index (κ1) is 14.9. The molecule has 1 aliphatic carbocycles. The molecule has 2 atom stereocenters. The number of carbonyl (C=O) groups is 1. The zero-order valence-electron chi connectivity index (χ0n) is 12.3. The van der Waals surface area contributed by atoms with E-state index >= 15 is 0 Å². The van der Waals surface area contributed by atoms with Gasteiger partial charge in [-0.1, -0.05) is 25.3 Å². The third-order valence-corrected chi connectivity index (χ3v) is 4.30. The van der Waals surface area contributed by atoms with Crippen LogP contribution in [0.25, 0.3) is 0 Å². The van der Waals surface area contributed by atoms with Crippen molar-refractivity contribution < 1.29 is 9.90 Å². The Morgan fingerprint density at radius 3 is 2.70 bits per heavy atom. The van der Waals surface area contributed by atoms with E-state index in [0.29, 0.717) is 11.3 Å². The Morgan fingerprint density at radius 1 is 1.25 bits per heavy atom. The molecule has 110 valence electrons. The highest BCUT2D eigenvalue weighted by molar-refractivity contribution is 5.94. The lowest BCUT2D eigenvalue weighted by Crippen LogP contribution is -2.37. The lowest BCUT2D eigenvalue weighted by Gasteiger charge is -2.21. The summed E-state index contributed by atoms with van der Waals surface area (Å²) in [5.41, 5.74) is 8.31. The predicted octanol–water partition coefficient (Wildman–Crippen LogP) is 2.86. The van der Waals surface area contributed by atoms with Crippen LogP contribution in [0.5, 0.6) is 5.75 Å². The first-order valence-electron chi connectivity index (χ1n) is 7.36. The van der Waals surface area contributed by atoms with Crippen molar-refractivity contribution in [2.24, 2.45) is 11.7 Å². The molecule has 4 N–H and O–H groups in total. The maximum Gasteiger partial charge on any atom is 0.229 e. The van der Waals surface area contributed by atoms with E-state index in [1.807, 2.05) is 26.0 Å². The number of aromatic hydroxyl groups is 1. The normalized spacial score (nSPS) is 23.1. The fourth-order valence-electron chi connectivity index (χ4n) is 2.86. The number of carbonyl (C=O) groups excluding carboxylic acids is 1. The first-order valence-corrected chi connectivity index (χ1v) is 7.36. The molecule has 1 fully saturated rings. The Bertz CT molecular complexity index is 499. The van der Waals surface area contributed by atoms with E-state index in [1.54, 1.807) is 0 Å². The van der Waals surface area contributed by atoms with E-state index in [4.69, 9.17) is 5.73 Å². The number of hydrogen-bond donors (Lipinski definition) is 3. The zero-order chi connectivity index (χ0) is 14.7. The second kappa shape index (κ2) is 6.27. The Morgan fingerprint density at radius 2 is 1.95 bits per heavy atom. The molecule has 0 saturated heterocycles. The second-order valence-electron chi connectivity index (χ2n) is 5.80. The van der Waals surface area contributed by atoms with Gasteiger partial charge < -0.3 is 16.2 Å². The standard InChI is InChI=1S/C16H24N2O2/c1-10-8-9-14(11(2)15(10)19)18-16(20)12-6-4-3-5-7-13(12)17/h8-9,12-13,19H,3-7,17H2,1-2H3,(H,18,20). The summed E-state index contributed by atoms with van der Waals surface area (Å²) in [5, 5.41) is 12.9. The molecule has 0 aromatic heterocycles. The van der Waals surface area contributed by atoms with Crippen molar-refractivity contribution >= 4 is 11.6 Å². The van der Waals surface area contributed by atoms with E-state index in [9.17, 15) is 9.90 Å². The van der Waals surface area contributed by atoms with Crippen molar-refractivity contribution in [3.05, 3.63) is 23.3 Å². The monoisotopic (exact) mass is 276 g/mol. The van der Waals surface area contributed by atoms with Crippen LogP contribution in [-0.2, 0) is 4.79 Å². The molecular weight excluding hydrogens is 252 g/mol. The van der Waals surface area contributed by atoms with E-state index in [0.717, 1.165) is 37.7 Å². The van der Waals surface area contributed by atoms with Crippen molar-refractivity contribution in [2.75, 3.05) is 5.32 Å². The van der Waals surface area contributed by atoms with Crippen molar-refractivity contribution in [3.63, 3.8) is 0 Å². The lowest BCUT2D eigenvalue weighted by molar-refractivity contribution is -0.120. The smallest absolute Gasteiger partial charge is 0.229 e. The zero-order valence-corrected chi connectivity index (χ0v) is 12.3. The van der Waals surface area contributed by atoms with Crippen molar-refractivity contribution in [1.29, 1.82) is 0 Å². The van der Waals surface area contributed by atoms with Gasteiger partial charge in [0.15, 0.2) is 0 Å². The van der Waals surface area contributed by atoms with Gasteiger partial charge in [0.05, 0.1) is 5.92 Å². The Balaban J connectivity index is 2.13. The molecule has 1 aromatic carbocycles. The summed E-state index contributed by atoms with van der Waals surface area (Å²) in [6.07, 6.45) is 5.08. The van der Waals surface area contributed by atoms with Gasteiger partial charge in [-0.05, 0) is 38.3 Å². The third kappa shape index (κ3) is 3.12. The van der Waals surface area contributed by atoms with Gasteiger partial charge >= 0.3 is 0 Å². The van der Waals surface area contributed by atoms with Gasteiger partial charge in [0.1, 0.15) is 5.75 Å². The topological polar surface area (TPSA) is 75.4 Å². The molecule has 0 heterocycles. The molecule has 0 spiro atoms. The van der Waals surface area contributed by atoms with E-state index in [-0.39, 0.29) is 23.6 Å². The van der Waals surface area contributed by atoms with E-state index in [2.05, 4.69) is 5.32 Å². The number of nitrogens with two attached hydrogens (primary N) is 1. The summed E-state index contributed by atoms with van der Waals surface area (Å²) in [6, 6.07) is 3.59. The van der Waals surface area contributed by atoms with Crippen molar-refractivity contribution in [1.82, 2.24) is 0 Å². The van der Waals surface area contributed by atoms with Gasteiger partial charge in [-0.25, -0.2) is 0 Å². The van der Waals surface area contributed by atoms with Crippen LogP contribution in [0, 0.1) is 19.8 Å². The molecule has 1 aliphatic rings. The molecule has 1 amide bonds. The van der Waals surface area contributed by atoms with Crippen LogP contribution in [0.1, 0.15) is 43.2 Å².